The molecule has 0 atom stereocenters. The van der Waals surface area contributed by atoms with Crippen molar-refractivity contribution >= 4 is 29.3 Å². The predicted octanol–water partition coefficient (Wildman–Crippen LogP) is 4.98. The molecule has 128 valence electrons. The van der Waals surface area contributed by atoms with E-state index in [0.29, 0.717) is 10.7 Å². The number of carbonyl (C=O) groups is 1. The van der Waals surface area contributed by atoms with Gasteiger partial charge in [0.25, 0.3) is 5.91 Å². The molecule has 26 heavy (non-hydrogen) atoms. The normalized spacial score (nSPS) is 11.0. The number of amides is 1. The molecular weight excluding hydrogens is 346 g/mol. The van der Waals surface area contributed by atoms with E-state index in [2.05, 4.69) is 5.32 Å². The number of carbonyl (C=O) groups excluding carboxylic acids is 1. The molecular formula is C21H16ClN3O. The van der Waals surface area contributed by atoms with E-state index in [1.54, 1.807) is 30.3 Å². The van der Waals surface area contributed by atoms with Crippen LogP contribution < -0.4 is 5.32 Å². The maximum absolute atomic E-state index is 12.4. The SMILES string of the molecule is Cc1ccc(NC(=O)/C(C#N)=C\c2cccn2-c2ccc(Cl)cc2)cc1. The molecule has 1 heterocycles. The van der Waals surface area contributed by atoms with E-state index in [1.165, 1.54) is 0 Å². The largest absolute Gasteiger partial charge is 0.321 e. The molecule has 0 unspecified atom stereocenters. The van der Waals surface area contributed by atoms with Gasteiger partial charge in [0.15, 0.2) is 0 Å². The Balaban J connectivity index is 1.87. The van der Waals surface area contributed by atoms with Gasteiger partial charge in [-0.3, -0.25) is 4.79 Å². The minimum Gasteiger partial charge on any atom is -0.321 e. The number of nitrogens with zero attached hydrogens (tertiary/aromatic N) is 2. The van der Waals surface area contributed by atoms with Crippen LogP contribution >= 0.6 is 11.6 Å². The van der Waals surface area contributed by atoms with Gasteiger partial charge in [-0.25, -0.2) is 0 Å². The molecule has 1 amide bonds. The fraction of sp³-hybridized carbons (Fsp3) is 0.0476. The monoisotopic (exact) mass is 361 g/mol. The number of halogens is 1. The standard InChI is InChI=1S/C21H16ClN3O/c1-15-4-8-18(9-5-15)24-21(26)16(14-23)13-20-3-2-12-25(20)19-10-6-17(22)7-11-19/h2-13H,1H3,(H,24,26)/b16-13-. The van der Waals surface area contributed by atoms with Crippen molar-refractivity contribution in [2.45, 2.75) is 6.92 Å². The van der Waals surface area contributed by atoms with E-state index in [0.717, 1.165) is 16.9 Å². The number of aryl methyl sites for hydroxylation is 1. The van der Waals surface area contributed by atoms with E-state index in [4.69, 9.17) is 11.6 Å². The van der Waals surface area contributed by atoms with Gasteiger partial charge in [0.05, 0.1) is 0 Å². The van der Waals surface area contributed by atoms with Crippen LogP contribution in [0.15, 0.2) is 72.4 Å². The molecule has 1 N–H and O–H groups in total. The Hall–Kier alpha value is -3.29. The molecule has 4 nitrogen and oxygen atoms in total. The molecule has 5 heteroatoms. The maximum atomic E-state index is 12.4. The maximum Gasteiger partial charge on any atom is 0.266 e. The van der Waals surface area contributed by atoms with Crippen LogP contribution in [0, 0.1) is 18.3 Å². The number of benzene rings is 2. The molecule has 3 aromatic rings. The van der Waals surface area contributed by atoms with E-state index < -0.39 is 5.91 Å². The van der Waals surface area contributed by atoms with Gasteiger partial charge in [-0.05, 0) is 61.5 Å². The first-order valence-corrected chi connectivity index (χ1v) is 8.38. The first kappa shape index (κ1) is 17.5. The lowest BCUT2D eigenvalue weighted by atomic mass is 10.2. The Bertz CT molecular complexity index is 993. The third-order valence-electron chi connectivity index (χ3n) is 3.85. The highest BCUT2D eigenvalue weighted by Gasteiger charge is 2.11. The zero-order valence-electron chi connectivity index (χ0n) is 14.1. The van der Waals surface area contributed by atoms with Gasteiger partial charge in [0.1, 0.15) is 11.6 Å². The summed E-state index contributed by atoms with van der Waals surface area (Å²) in [5, 5.41) is 12.8. The number of aromatic nitrogens is 1. The van der Waals surface area contributed by atoms with Gasteiger partial charge in [-0.2, -0.15) is 5.26 Å². The van der Waals surface area contributed by atoms with Crippen molar-refractivity contribution in [1.82, 2.24) is 4.57 Å². The summed E-state index contributed by atoms with van der Waals surface area (Å²) in [6.07, 6.45) is 3.43. The predicted molar refractivity (Wildman–Crippen MR) is 104 cm³/mol. The molecule has 0 aliphatic heterocycles. The highest BCUT2D eigenvalue weighted by Crippen LogP contribution is 2.19. The van der Waals surface area contributed by atoms with Crippen molar-refractivity contribution in [2.75, 3.05) is 5.32 Å². The van der Waals surface area contributed by atoms with Gasteiger partial charge >= 0.3 is 0 Å². The molecule has 0 bridgehead atoms. The van der Waals surface area contributed by atoms with Crippen LogP contribution in [0.2, 0.25) is 5.02 Å². The van der Waals surface area contributed by atoms with E-state index in [9.17, 15) is 10.1 Å². The van der Waals surface area contributed by atoms with Crippen molar-refractivity contribution in [2.24, 2.45) is 0 Å². The average molecular weight is 362 g/mol. The summed E-state index contributed by atoms with van der Waals surface area (Å²) in [6, 6.07) is 20.4. The molecule has 0 spiro atoms. The van der Waals surface area contributed by atoms with Gasteiger partial charge in [0, 0.05) is 28.3 Å². The second-order valence-corrected chi connectivity index (χ2v) is 6.21. The zero-order chi connectivity index (χ0) is 18.5. The Morgan fingerprint density at radius 3 is 2.46 bits per heavy atom. The minimum atomic E-state index is -0.444. The average Bonchev–Trinajstić information content (AvgIpc) is 3.10. The third-order valence-corrected chi connectivity index (χ3v) is 4.10. The lowest BCUT2D eigenvalue weighted by molar-refractivity contribution is -0.112. The van der Waals surface area contributed by atoms with Crippen molar-refractivity contribution < 1.29 is 4.79 Å². The van der Waals surface area contributed by atoms with Crippen LogP contribution in [-0.2, 0) is 4.79 Å². The number of nitrogens with one attached hydrogen (secondary N) is 1. The minimum absolute atomic E-state index is 0.0273. The fourth-order valence-corrected chi connectivity index (χ4v) is 2.61. The Kier molecular flexibility index (Phi) is 5.21. The number of hydrogen-bond donors (Lipinski definition) is 1. The highest BCUT2D eigenvalue weighted by molar-refractivity contribution is 6.30. The second kappa shape index (κ2) is 7.73. The molecule has 0 fully saturated rings. The van der Waals surface area contributed by atoms with Gasteiger partial charge in [0.2, 0.25) is 0 Å². The summed E-state index contributed by atoms with van der Waals surface area (Å²) in [4.78, 5) is 12.4. The molecule has 0 radical (unpaired) electrons. The summed E-state index contributed by atoms with van der Waals surface area (Å²) >= 11 is 5.93. The van der Waals surface area contributed by atoms with E-state index in [-0.39, 0.29) is 5.57 Å². The molecule has 1 aromatic heterocycles. The number of anilines is 1. The van der Waals surface area contributed by atoms with Crippen LogP contribution in [0.5, 0.6) is 0 Å². The van der Waals surface area contributed by atoms with Crippen LogP contribution in [0.3, 0.4) is 0 Å². The van der Waals surface area contributed by atoms with Crippen LogP contribution in [-0.4, -0.2) is 10.5 Å². The van der Waals surface area contributed by atoms with Crippen molar-refractivity contribution in [3.05, 3.63) is 88.7 Å². The lowest BCUT2D eigenvalue weighted by Gasteiger charge is -2.08. The number of rotatable bonds is 4. The molecule has 3 rings (SSSR count). The summed E-state index contributed by atoms with van der Waals surface area (Å²) < 4.78 is 1.88. The second-order valence-electron chi connectivity index (χ2n) is 5.77. The van der Waals surface area contributed by atoms with Gasteiger partial charge in [-0.1, -0.05) is 29.3 Å². The van der Waals surface area contributed by atoms with E-state index >= 15 is 0 Å². The van der Waals surface area contributed by atoms with Crippen molar-refractivity contribution in [1.29, 1.82) is 5.26 Å². The van der Waals surface area contributed by atoms with Crippen LogP contribution in [0.25, 0.3) is 11.8 Å². The molecule has 0 aliphatic rings. The quantitative estimate of drug-likeness (QED) is 0.526. The van der Waals surface area contributed by atoms with Gasteiger partial charge < -0.3 is 9.88 Å². The summed E-state index contributed by atoms with van der Waals surface area (Å²) in [5.74, 6) is -0.444. The smallest absolute Gasteiger partial charge is 0.266 e. The van der Waals surface area contributed by atoms with E-state index in [1.807, 2.05) is 60.2 Å². The Labute approximate surface area is 157 Å². The number of hydrogen-bond acceptors (Lipinski definition) is 2. The zero-order valence-corrected chi connectivity index (χ0v) is 14.9. The molecule has 0 aliphatic carbocycles. The summed E-state index contributed by atoms with van der Waals surface area (Å²) in [7, 11) is 0. The highest BCUT2D eigenvalue weighted by atomic mass is 35.5. The van der Waals surface area contributed by atoms with Crippen molar-refractivity contribution in [3.63, 3.8) is 0 Å². The summed E-state index contributed by atoms with van der Waals surface area (Å²) in [5.41, 5.74) is 3.39. The van der Waals surface area contributed by atoms with Crippen LogP contribution in [0.4, 0.5) is 5.69 Å². The Morgan fingerprint density at radius 1 is 1.12 bits per heavy atom. The molecule has 2 aromatic carbocycles. The first-order chi connectivity index (χ1) is 12.6. The summed E-state index contributed by atoms with van der Waals surface area (Å²) in [6.45, 7) is 1.97. The van der Waals surface area contributed by atoms with Crippen LogP contribution in [0.1, 0.15) is 11.3 Å². The van der Waals surface area contributed by atoms with Crippen molar-refractivity contribution in [3.8, 4) is 11.8 Å². The fourth-order valence-electron chi connectivity index (χ4n) is 2.48. The first-order valence-electron chi connectivity index (χ1n) is 8.00. The van der Waals surface area contributed by atoms with Gasteiger partial charge in [-0.15, -0.1) is 0 Å². The lowest BCUT2D eigenvalue weighted by Crippen LogP contribution is -2.13. The Morgan fingerprint density at radius 2 is 1.81 bits per heavy atom. The molecule has 0 saturated carbocycles. The molecule has 0 saturated heterocycles. The number of nitriles is 1. The third kappa shape index (κ3) is 4.02. The topological polar surface area (TPSA) is 57.8 Å².